The average Bonchev–Trinajstić information content (AvgIpc) is 3.48. The van der Waals surface area contributed by atoms with Gasteiger partial charge in [0.15, 0.2) is 0 Å². The van der Waals surface area contributed by atoms with Gasteiger partial charge in [0.2, 0.25) is 5.88 Å². The van der Waals surface area contributed by atoms with Crippen LogP contribution in [0.25, 0.3) is 5.69 Å². The number of para-hydroxylation sites is 1. The van der Waals surface area contributed by atoms with E-state index in [1.165, 1.54) is 5.56 Å². The number of nitrogens with zero attached hydrogens (tertiary/aromatic N) is 3. The van der Waals surface area contributed by atoms with E-state index in [2.05, 4.69) is 11.8 Å². The zero-order chi connectivity index (χ0) is 25.5. The first-order valence-electron chi connectivity index (χ1n) is 12.9. The van der Waals surface area contributed by atoms with Crippen molar-refractivity contribution in [3.05, 3.63) is 71.4 Å². The molecule has 1 aromatic heterocycles. The molecule has 0 saturated carbocycles. The molecule has 0 amide bonds. The van der Waals surface area contributed by atoms with E-state index < -0.39 is 6.10 Å². The zero-order valence-electron chi connectivity index (χ0n) is 21.9. The molecule has 1 fully saturated rings. The van der Waals surface area contributed by atoms with Gasteiger partial charge in [-0.2, -0.15) is 5.10 Å². The van der Waals surface area contributed by atoms with E-state index in [9.17, 15) is 5.11 Å². The van der Waals surface area contributed by atoms with E-state index in [1.807, 2.05) is 80.1 Å². The van der Waals surface area contributed by atoms with E-state index >= 15 is 0 Å². The van der Waals surface area contributed by atoms with Crippen molar-refractivity contribution in [2.45, 2.75) is 65.4 Å². The maximum atomic E-state index is 10.7. The number of aryl methyl sites for hydroxylation is 2. The SMILES string of the molecule is Cc1ccc(Oc2c(CN(C[C@@H](O)COC(C)C)C[C@@H]3CCCO3)c(C)nn2-c2ccccc2)cc1. The van der Waals surface area contributed by atoms with Crippen LogP contribution in [0.5, 0.6) is 11.6 Å². The first-order chi connectivity index (χ1) is 17.4. The Kier molecular flexibility index (Phi) is 9.15. The highest BCUT2D eigenvalue weighted by molar-refractivity contribution is 5.43. The lowest BCUT2D eigenvalue weighted by molar-refractivity contribution is -0.0173. The summed E-state index contributed by atoms with van der Waals surface area (Å²) >= 11 is 0. The number of aliphatic hydroxyl groups is 1. The lowest BCUT2D eigenvalue weighted by Gasteiger charge is -2.28. The molecular formula is C29H39N3O4. The number of ether oxygens (including phenoxy) is 3. The number of hydrogen-bond acceptors (Lipinski definition) is 6. The van der Waals surface area contributed by atoms with E-state index in [-0.39, 0.29) is 12.2 Å². The maximum absolute atomic E-state index is 10.7. The second kappa shape index (κ2) is 12.5. The smallest absolute Gasteiger partial charge is 0.227 e. The zero-order valence-corrected chi connectivity index (χ0v) is 21.9. The van der Waals surface area contributed by atoms with Crippen molar-refractivity contribution in [3.8, 4) is 17.3 Å². The molecule has 0 spiro atoms. The minimum Gasteiger partial charge on any atom is -0.439 e. The molecule has 1 saturated heterocycles. The topological polar surface area (TPSA) is 69.0 Å². The van der Waals surface area contributed by atoms with Crippen molar-refractivity contribution >= 4 is 0 Å². The van der Waals surface area contributed by atoms with Gasteiger partial charge in [0, 0.05) is 26.2 Å². The molecule has 0 radical (unpaired) electrons. The summed E-state index contributed by atoms with van der Waals surface area (Å²) in [6.45, 7) is 10.9. The molecule has 1 aliphatic heterocycles. The van der Waals surface area contributed by atoms with E-state index in [1.54, 1.807) is 0 Å². The number of aliphatic hydroxyl groups excluding tert-OH is 1. The predicted molar refractivity (Wildman–Crippen MR) is 141 cm³/mol. The van der Waals surface area contributed by atoms with Crippen LogP contribution in [-0.4, -0.2) is 64.4 Å². The van der Waals surface area contributed by atoms with Gasteiger partial charge in [0.1, 0.15) is 5.75 Å². The lowest BCUT2D eigenvalue weighted by Crippen LogP contribution is -2.39. The first kappa shape index (κ1) is 26.4. The number of aromatic nitrogens is 2. The van der Waals surface area contributed by atoms with Crippen LogP contribution in [0.2, 0.25) is 0 Å². The minimum atomic E-state index is -0.597. The highest BCUT2D eigenvalue weighted by Gasteiger charge is 2.26. The summed E-state index contributed by atoms with van der Waals surface area (Å²) in [5.41, 5.74) is 4.00. The van der Waals surface area contributed by atoms with Gasteiger partial charge >= 0.3 is 0 Å². The minimum absolute atomic E-state index is 0.0760. The van der Waals surface area contributed by atoms with Crippen LogP contribution < -0.4 is 4.74 Å². The van der Waals surface area contributed by atoms with Crippen molar-refractivity contribution in [2.75, 3.05) is 26.3 Å². The number of hydrogen-bond donors (Lipinski definition) is 1. The van der Waals surface area contributed by atoms with E-state index in [0.29, 0.717) is 25.6 Å². The third kappa shape index (κ3) is 7.17. The summed E-state index contributed by atoms with van der Waals surface area (Å²) in [5, 5.41) is 15.6. The van der Waals surface area contributed by atoms with Gasteiger partial charge in [0.05, 0.1) is 41.9 Å². The monoisotopic (exact) mass is 493 g/mol. The molecule has 3 aromatic rings. The van der Waals surface area contributed by atoms with Crippen molar-refractivity contribution in [1.82, 2.24) is 14.7 Å². The quantitative estimate of drug-likeness (QED) is 0.381. The molecule has 7 nitrogen and oxygen atoms in total. The molecule has 36 heavy (non-hydrogen) atoms. The maximum Gasteiger partial charge on any atom is 0.227 e. The van der Waals surface area contributed by atoms with Crippen LogP contribution in [0.15, 0.2) is 54.6 Å². The van der Waals surface area contributed by atoms with Crippen molar-refractivity contribution < 1.29 is 19.3 Å². The molecule has 0 aliphatic carbocycles. The Labute approximate surface area is 214 Å². The highest BCUT2D eigenvalue weighted by atomic mass is 16.5. The summed E-state index contributed by atoms with van der Waals surface area (Å²) in [4.78, 5) is 2.24. The number of rotatable bonds is 12. The third-order valence-electron chi connectivity index (χ3n) is 6.33. The molecule has 1 aliphatic rings. The molecule has 2 atom stereocenters. The fraction of sp³-hybridized carbons (Fsp3) is 0.483. The second-order valence-electron chi connectivity index (χ2n) is 9.90. The van der Waals surface area contributed by atoms with Crippen LogP contribution >= 0.6 is 0 Å². The van der Waals surface area contributed by atoms with Crippen LogP contribution in [-0.2, 0) is 16.0 Å². The Morgan fingerprint density at radius 2 is 1.86 bits per heavy atom. The molecule has 2 aromatic carbocycles. The lowest BCUT2D eigenvalue weighted by atomic mass is 10.1. The molecule has 4 rings (SSSR count). The first-order valence-corrected chi connectivity index (χ1v) is 12.9. The van der Waals surface area contributed by atoms with Gasteiger partial charge < -0.3 is 19.3 Å². The second-order valence-corrected chi connectivity index (χ2v) is 9.90. The summed E-state index contributed by atoms with van der Waals surface area (Å²) in [6.07, 6.45) is 1.75. The summed E-state index contributed by atoms with van der Waals surface area (Å²) < 4.78 is 20.0. The highest BCUT2D eigenvalue weighted by Crippen LogP contribution is 2.32. The molecule has 7 heteroatoms. The van der Waals surface area contributed by atoms with Crippen LogP contribution in [0.3, 0.4) is 0 Å². The molecule has 1 N–H and O–H groups in total. The molecule has 194 valence electrons. The average molecular weight is 494 g/mol. The van der Waals surface area contributed by atoms with Gasteiger partial charge in [-0.25, -0.2) is 4.68 Å². The number of benzene rings is 2. The molecule has 2 heterocycles. The Bertz CT molecular complexity index is 1080. The predicted octanol–water partition coefficient (Wildman–Crippen LogP) is 5.05. The standard InChI is InChI=1S/C29H39N3O4/c1-21(2)35-20-25(33)17-31(18-27-11-8-16-34-27)19-28-23(4)30-32(24-9-6-5-7-10-24)29(28)36-26-14-12-22(3)13-15-26/h5-7,9-10,12-15,21,25,27,33H,8,11,16-20H2,1-4H3/t25-,27+/m1/s1. The summed E-state index contributed by atoms with van der Waals surface area (Å²) in [5.74, 6) is 1.45. The largest absolute Gasteiger partial charge is 0.439 e. The molecule has 0 unspecified atom stereocenters. The Hall–Kier alpha value is -2.71. The van der Waals surface area contributed by atoms with Gasteiger partial charge in [-0.05, 0) is 64.8 Å². The Morgan fingerprint density at radius 1 is 1.11 bits per heavy atom. The fourth-order valence-corrected chi connectivity index (χ4v) is 4.45. The van der Waals surface area contributed by atoms with E-state index in [4.69, 9.17) is 19.3 Å². The Balaban J connectivity index is 1.64. The van der Waals surface area contributed by atoms with Crippen LogP contribution in [0.1, 0.15) is 43.5 Å². The van der Waals surface area contributed by atoms with Gasteiger partial charge in [-0.3, -0.25) is 4.90 Å². The Morgan fingerprint density at radius 3 is 2.53 bits per heavy atom. The van der Waals surface area contributed by atoms with Crippen molar-refractivity contribution in [2.24, 2.45) is 0 Å². The summed E-state index contributed by atoms with van der Waals surface area (Å²) in [6, 6.07) is 18.1. The molecular weight excluding hydrogens is 454 g/mol. The van der Waals surface area contributed by atoms with E-state index in [0.717, 1.165) is 48.7 Å². The molecule has 0 bridgehead atoms. The van der Waals surface area contributed by atoms with Crippen molar-refractivity contribution in [3.63, 3.8) is 0 Å². The van der Waals surface area contributed by atoms with Gasteiger partial charge in [0.25, 0.3) is 0 Å². The fourth-order valence-electron chi connectivity index (χ4n) is 4.45. The van der Waals surface area contributed by atoms with Crippen LogP contribution in [0.4, 0.5) is 0 Å². The van der Waals surface area contributed by atoms with Gasteiger partial charge in [-0.1, -0.05) is 35.9 Å². The van der Waals surface area contributed by atoms with Crippen molar-refractivity contribution in [1.29, 1.82) is 0 Å². The third-order valence-corrected chi connectivity index (χ3v) is 6.33. The van der Waals surface area contributed by atoms with Crippen LogP contribution in [0, 0.1) is 13.8 Å². The normalized spacial score (nSPS) is 16.7. The van der Waals surface area contributed by atoms with Gasteiger partial charge in [-0.15, -0.1) is 0 Å². The summed E-state index contributed by atoms with van der Waals surface area (Å²) in [7, 11) is 0.